The van der Waals surface area contributed by atoms with Crippen molar-refractivity contribution in [2.75, 3.05) is 20.1 Å². The first-order chi connectivity index (χ1) is 9.00. The average molecular weight is 281 g/mol. The largest absolute Gasteiger partial charge is 0.310 e. The number of nitrogens with zero attached hydrogens (tertiary/aromatic N) is 1. The van der Waals surface area contributed by atoms with Crippen LogP contribution in [0, 0.1) is 0 Å². The van der Waals surface area contributed by atoms with Crippen molar-refractivity contribution in [2.45, 2.75) is 44.7 Å². The van der Waals surface area contributed by atoms with Crippen LogP contribution in [-0.2, 0) is 0 Å². The summed E-state index contributed by atoms with van der Waals surface area (Å²) in [5.41, 5.74) is 1.58. The number of likely N-dealkylation sites (N-methyl/N-ethyl adjacent to an activating group) is 1. The van der Waals surface area contributed by atoms with Gasteiger partial charge in [0.1, 0.15) is 0 Å². The molecule has 0 bridgehead atoms. The molecule has 1 fully saturated rings. The van der Waals surface area contributed by atoms with Crippen molar-refractivity contribution in [1.29, 1.82) is 0 Å². The Morgan fingerprint density at radius 3 is 2.58 bits per heavy atom. The summed E-state index contributed by atoms with van der Waals surface area (Å²) in [6.45, 7) is 6.84. The Morgan fingerprint density at radius 1 is 1.32 bits per heavy atom. The maximum atomic E-state index is 5.95. The lowest BCUT2D eigenvalue weighted by Gasteiger charge is -2.40. The van der Waals surface area contributed by atoms with Gasteiger partial charge in [-0.05, 0) is 58.0 Å². The van der Waals surface area contributed by atoms with Gasteiger partial charge in [-0.2, -0.15) is 0 Å². The molecule has 0 radical (unpaired) electrons. The predicted molar refractivity (Wildman–Crippen MR) is 82.8 cm³/mol. The van der Waals surface area contributed by atoms with Crippen molar-refractivity contribution in [1.82, 2.24) is 10.2 Å². The van der Waals surface area contributed by atoms with Crippen LogP contribution in [-0.4, -0.2) is 30.6 Å². The summed E-state index contributed by atoms with van der Waals surface area (Å²) in [5, 5.41) is 4.48. The number of hydrogen-bond donors (Lipinski definition) is 1. The van der Waals surface area contributed by atoms with Crippen molar-refractivity contribution in [2.24, 2.45) is 0 Å². The highest BCUT2D eigenvalue weighted by Crippen LogP contribution is 2.25. The minimum atomic E-state index is 0.258. The molecule has 0 amide bonds. The Balaban J connectivity index is 1.98. The van der Waals surface area contributed by atoms with E-state index >= 15 is 0 Å². The SMILES string of the molecule is CC(c1ccc(Cl)cc1)N(C)CC1(C)CCCCN1. The van der Waals surface area contributed by atoms with Crippen molar-refractivity contribution < 1.29 is 0 Å². The molecule has 1 N–H and O–H groups in total. The summed E-state index contributed by atoms with van der Waals surface area (Å²) >= 11 is 5.95. The molecule has 1 saturated heterocycles. The minimum Gasteiger partial charge on any atom is -0.310 e. The summed E-state index contributed by atoms with van der Waals surface area (Å²) in [6, 6.07) is 8.61. The molecule has 1 heterocycles. The number of piperidine rings is 1. The molecule has 106 valence electrons. The van der Waals surface area contributed by atoms with E-state index in [1.165, 1.54) is 24.8 Å². The molecule has 0 spiro atoms. The van der Waals surface area contributed by atoms with Crippen molar-refractivity contribution >= 4 is 11.6 Å². The lowest BCUT2D eigenvalue weighted by Crippen LogP contribution is -2.53. The van der Waals surface area contributed by atoms with Gasteiger partial charge in [-0.3, -0.25) is 4.90 Å². The van der Waals surface area contributed by atoms with Gasteiger partial charge in [-0.25, -0.2) is 0 Å². The number of nitrogens with one attached hydrogen (secondary N) is 1. The van der Waals surface area contributed by atoms with Gasteiger partial charge in [0.05, 0.1) is 0 Å². The number of rotatable bonds is 4. The monoisotopic (exact) mass is 280 g/mol. The molecule has 0 saturated carbocycles. The third-order valence-corrected chi connectivity index (χ3v) is 4.57. The third kappa shape index (κ3) is 3.95. The van der Waals surface area contributed by atoms with Gasteiger partial charge in [0.25, 0.3) is 0 Å². The predicted octanol–water partition coefficient (Wildman–Crippen LogP) is 3.87. The lowest BCUT2D eigenvalue weighted by atomic mass is 9.90. The van der Waals surface area contributed by atoms with E-state index < -0.39 is 0 Å². The molecule has 3 heteroatoms. The number of benzene rings is 1. The van der Waals surface area contributed by atoms with Crippen LogP contribution in [0.25, 0.3) is 0 Å². The highest BCUT2D eigenvalue weighted by molar-refractivity contribution is 6.30. The second kappa shape index (κ2) is 6.25. The fraction of sp³-hybridized carbons (Fsp3) is 0.625. The minimum absolute atomic E-state index is 0.258. The molecule has 0 aliphatic carbocycles. The zero-order chi connectivity index (χ0) is 13.9. The lowest BCUT2D eigenvalue weighted by molar-refractivity contribution is 0.156. The molecule has 1 aromatic carbocycles. The van der Waals surface area contributed by atoms with Crippen molar-refractivity contribution in [3.63, 3.8) is 0 Å². The Bertz CT molecular complexity index is 396. The fourth-order valence-corrected chi connectivity index (χ4v) is 3.06. The molecule has 1 aliphatic rings. The van der Waals surface area contributed by atoms with Crippen molar-refractivity contribution in [3.8, 4) is 0 Å². The van der Waals surface area contributed by atoms with E-state index in [1.54, 1.807) is 0 Å². The van der Waals surface area contributed by atoms with Crippen LogP contribution in [0.2, 0.25) is 5.02 Å². The Kier molecular flexibility index (Phi) is 4.88. The van der Waals surface area contributed by atoms with Gasteiger partial charge < -0.3 is 5.32 Å². The van der Waals surface area contributed by atoms with Crippen LogP contribution in [0.3, 0.4) is 0 Å². The van der Waals surface area contributed by atoms with Crippen LogP contribution >= 0.6 is 11.6 Å². The van der Waals surface area contributed by atoms with Gasteiger partial charge in [-0.1, -0.05) is 30.2 Å². The number of hydrogen-bond acceptors (Lipinski definition) is 2. The van der Waals surface area contributed by atoms with Crippen LogP contribution in [0.5, 0.6) is 0 Å². The van der Waals surface area contributed by atoms with E-state index in [1.807, 2.05) is 12.1 Å². The first kappa shape index (κ1) is 14.8. The van der Waals surface area contributed by atoms with Crippen LogP contribution in [0.1, 0.15) is 44.7 Å². The second-order valence-corrected chi connectivity index (χ2v) is 6.52. The number of halogens is 1. The topological polar surface area (TPSA) is 15.3 Å². The summed E-state index contributed by atoms with van der Waals surface area (Å²) in [7, 11) is 2.21. The van der Waals surface area contributed by atoms with E-state index in [2.05, 4.69) is 43.2 Å². The van der Waals surface area contributed by atoms with Crippen molar-refractivity contribution in [3.05, 3.63) is 34.9 Å². The maximum absolute atomic E-state index is 5.95. The van der Waals surface area contributed by atoms with Gasteiger partial charge in [-0.15, -0.1) is 0 Å². The summed E-state index contributed by atoms with van der Waals surface area (Å²) in [6.07, 6.45) is 3.92. The van der Waals surface area contributed by atoms with E-state index in [0.29, 0.717) is 6.04 Å². The Labute approximate surface area is 122 Å². The zero-order valence-electron chi connectivity index (χ0n) is 12.2. The maximum Gasteiger partial charge on any atom is 0.0406 e. The van der Waals surface area contributed by atoms with Gasteiger partial charge >= 0.3 is 0 Å². The summed E-state index contributed by atoms with van der Waals surface area (Å²) in [4.78, 5) is 2.43. The normalized spacial score (nSPS) is 25.5. The first-order valence-corrected chi connectivity index (χ1v) is 7.59. The molecule has 2 unspecified atom stereocenters. The molecule has 19 heavy (non-hydrogen) atoms. The first-order valence-electron chi connectivity index (χ1n) is 7.21. The molecule has 2 nitrogen and oxygen atoms in total. The molecular formula is C16H25ClN2. The van der Waals surface area contributed by atoms with E-state index in [9.17, 15) is 0 Å². The Morgan fingerprint density at radius 2 is 2.00 bits per heavy atom. The van der Waals surface area contributed by atoms with Crippen LogP contribution in [0.15, 0.2) is 24.3 Å². The summed E-state index contributed by atoms with van der Waals surface area (Å²) in [5.74, 6) is 0. The van der Waals surface area contributed by atoms with Gasteiger partial charge in [0.15, 0.2) is 0 Å². The Hall–Kier alpha value is -0.570. The smallest absolute Gasteiger partial charge is 0.0406 e. The standard InChI is InChI=1S/C16H25ClN2/c1-13(14-6-8-15(17)9-7-14)19(3)12-16(2)10-4-5-11-18-16/h6-9,13,18H,4-5,10-12H2,1-3H3. The highest BCUT2D eigenvalue weighted by Gasteiger charge is 2.29. The van der Waals surface area contributed by atoms with E-state index in [0.717, 1.165) is 18.1 Å². The molecule has 0 aromatic heterocycles. The highest BCUT2D eigenvalue weighted by atomic mass is 35.5. The van der Waals surface area contributed by atoms with E-state index in [4.69, 9.17) is 11.6 Å². The molecule has 2 atom stereocenters. The van der Waals surface area contributed by atoms with Crippen LogP contribution < -0.4 is 5.32 Å². The fourth-order valence-electron chi connectivity index (χ4n) is 2.94. The molecule has 1 aromatic rings. The third-order valence-electron chi connectivity index (χ3n) is 4.32. The zero-order valence-corrected chi connectivity index (χ0v) is 13.0. The summed E-state index contributed by atoms with van der Waals surface area (Å²) < 4.78 is 0. The second-order valence-electron chi connectivity index (χ2n) is 6.09. The quantitative estimate of drug-likeness (QED) is 0.901. The van der Waals surface area contributed by atoms with Gasteiger partial charge in [0.2, 0.25) is 0 Å². The molecule has 1 aliphatic heterocycles. The van der Waals surface area contributed by atoms with Crippen LogP contribution in [0.4, 0.5) is 0 Å². The molecule has 2 rings (SSSR count). The van der Waals surface area contributed by atoms with E-state index in [-0.39, 0.29) is 5.54 Å². The van der Waals surface area contributed by atoms with Gasteiger partial charge in [0, 0.05) is 23.1 Å². The molecular weight excluding hydrogens is 256 g/mol. The average Bonchev–Trinajstić information content (AvgIpc) is 2.39.